The lowest BCUT2D eigenvalue weighted by atomic mass is 10.2. The number of ether oxygens (including phenoxy) is 1. The lowest BCUT2D eigenvalue weighted by Crippen LogP contribution is -2.23. The molecule has 0 aliphatic heterocycles. The summed E-state index contributed by atoms with van der Waals surface area (Å²) in [5.41, 5.74) is 0.604. The third-order valence-electron chi connectivity index (χ3n) is 4.38. The molecule has 4 aromatic rings. The zero-order valence-corrected chi connectivity index (χ0v) is 15.5. The Hall–Kier alpha value is -3.48. The minimum atomic E-state index is -0.188. The van der Waals surface area contributed by atoms with Crippen molar-refractivity contribution in [3.05, 3.63) is 71.0 Å². The largest absolute Gasteiger partial charge is 0.494 e. The summed E-state index contributed by atoms with van der Waals surface area (Å²) < 4.78 is 12.7. The van der Waals surface area contributed by atoms with E-state index in [9.17, 15) is 4.79 Å². The summed E-state index contributed by atoms with van der Waals surface area (Å²) >= 11 is 0. The van der Waals surface area contributed by atoms with Crippen LogP contribution in [0.3, 0.4) is 0 Å². The molecular weight excluding hydrogens is 356 g/mol. The lowest BCUT2D eigenvalue weighted by molar-refractivity contribution is 0.309. The Morgan fingerprint density at radius 2 is 1.89 bits per heavy atom. The zero-order valence-electron chi connectivity index (χ0n) is 15.5. The van der Waals surface area contributed by atoms with Crippen molar-refractivity contribution >= 4 is 10.8 Å². The first-order chi connectivity index (χ1) is 13.7. The van der Waals surface area contributed by atoms with Gasteiger partial charge in [0, 0.05) is 10.9 Å². The molecule has 0 atom stereocenters. The number of fused-ring (bicyclic) bond motifs is 1. The van der Waals surface area contributed by atoms with E-state index in [1.165, 1.54) is 4.68 Å². The number of aromatic nitrogens is 4. The Kier molecular flexibility index (Phi) is 5.14. The zero-order chi connectivity index (χ0) is 19.3. The van der Waals surface area contributed by atoms with Crippen LogP contribution in [0, 0.1) is 0 Å². The molecule has 0 fully saturated rings. The molecule has 0 N–H and O–H groups in total. The van der Waals surface area contributed by atoms with Gasteiger partial charge in [-0.05, 0) is 36.8 Å². The van der Waals surface area contributed by atoms with Gasteiger partial charge in [-0.15, -0.1) is 10.2 Å². The Morgan fingerprint density at radius 3 is 2.71 bits per heavy atom. The predicted molar refractivity (Wildman–Crippen MR) is 105 cm³/mol. The highest BCUT2D eigenvalue weighted by atomic mass is 16.5. The fraction of sp³-hybridized carbons (Fsp3) is 0.238. The van der Waals surface area contributed by atoms with Crippen LogP contribution in [0.15, 0.2) is 63.9 Å². The first kappa shape index (κ1) is 17.9. The standard InChI is InChI=1S/C21H20N4O3/c1-2-3-12-27-17-10-8-15(9-11-17)20-24-23-19(28-20)14-25-21(26)18-7-5-4-6-16(18)13-22-25/h4-11,13H,2-3,12,14H2,1H3. The van der Waals surface area contributed by atoms with Crippen molar-refractivity contribution in [3.8, 4) is 17.2 Å². The highest BCUT2D eigenvalue weighted by Crippen LogP contribution is 2.21. The van der Waals surface area contributed by atoms with E-state index >= 15 is 0 Å². The molecule has 2 heterocycles. The van der Waals surface area contributed by atoms with Crippen molar-refractivity contribution in [1.82, 2.24) is 20.0 Å². The smallest absolute Gasteiger partial charge is 0.275 e. The summed E-state index contributed by atoms with van der Waals surface area (Å²) in [5, 5.41) is 13.7. The van der Waals surface area contributed by atoms with Gasteiger partial charge in [-0.2, -0.15) is 5.10 Å². The minimum Gasteiger partial charge on any atom is -0.494 e. The van der Waals surface area contributed by atoms with E-state index in [0.29, 0.717) is 23.8 Å². The maximum Gasteiger partial charge on any atom is 0.275 e. The monoisotopic (exact) mass is 376 g/mol. The van der Waals surface area contributed by atoms with Crippen LogP contribution in [0.25, 0.3) is 22.2 Å². The van der Waals surface area contributed by atoms with E-state index in [0.717, 1.165) is 29.5 Å². The van der Waals surface area contributed by atoms with Gasteiger partial charge in [0.2, 0.25) is 11.8 Å². The molecular formula is C21H20N4O3. The average molecular weight is 376 g/mol. The molecule has 0 spiro atoms. The molecule has 0 amide bonds. The molecule has 142 valence electrons. The normalized spacial score (nSPS) is 11.0. The molecule has 0 aliphatic rings. The van der Waals surface area contributed by atoms with Crippen LogP contribution in [0.1, 0.15) is 25.7 Å². The summed E-state index contributed by atoms with van der Waals surface area (Å²) in [4.78, 5) is 12.6. The van der Waals surface area contributed by atoms with Gasteiger partial charge >= 0.3 is 0 Å². The third kappa shape index (κ3) is 3.78. The number of benzene rings is 2. The molecule has 2 aromatic carbocycles. The molecule has 4 rings (SSSR count). The van der Waals surface area contributed by atoms with E-state index in [2.05, 4.69) is 22.2 Å². The van der Waals surface area contributed by atoms with Crippen LogP contribution in [0.2, 0.25) is 0 Å². The van der Waals surface area contributed by atoms with E-state index in [-0.39, 0.29) is 12.1 Å². The van der Waals surface area contributed by atoms with Gasteiger partial charge in [0.25, 0.3) is 5.56 Å². The van der Waals surface area contributed by atoms with Crippen molar-refractivity contribution in [1.29, 1.82) is 0 Å². The minimum absolute atomic E-state index is 0.120. The molecule has 0 unspecified atom stereocenters. The molecule has 2 aromatic heterocycles. The van der Waals surface area contributed by atoms with Crippen molar-refractivity contribution < 1.29 is 9.15 Å². The summed E-state index contributed by atoms with van der Waals surface area (Å²) in [6, 6.07) is 14.8. The lowest BCUT2D eigenvalue weighted by Gasteiger charge is -2.05. The molecule has 0 aliphatic carbocycles. The summed E-state index contributed by atoms with van der Waals surface area (Å²) in [5.74, 6) is 1.52. The van der Waals surface area contributed by atoms with Crippen LogP contribution < -0.4 is 10.3 Å². The van der Waals surface area contributed by atoms with Gasteiger partial charge in [0.05, 0.1) is 18.2 Å². The predicted octanol–water partition coefficient (Wildman–Crippen LogP) is 3.67. The van der Waals surface area contributed by atoms with Crippen molar-refractivity contribution in [2.75, 3.05) is 6.61 Å². The van der Waals surface area contributed by atoms with Crippen LogP contribution in [-0.2, 0) is 6.54 Å². The van der Waals surface area contributed by atoms with E-state index < -0.39 is 0 Å². The number of hydrogen-bond acceptors (Lipinski definition) is 6. The number of hydrogen-bond donors (Lipinski definition) is 0. The molecule has 0 saturated carbocycles. The first-order valence-corrected chi connectivity index (χ1v) is 9.25. The Bertz CT molecular complexity index is 1130. The van der Waals surface area contributed by atoms with Gasteiger partial charge in [0.15, 0.2) is 0 Å². The first-order valence-electron chi connectivity index (χ1n) is 9.25. The van der Waals surface area contributed by atoms with E-state index in [4.69, 9.17) is 9.15 Å². The van der Waals surface area contributed by atoms with Crippen molar-refractivity contribution in [2.45, 2.75) is 26.3 Å². The Labute approximate surface area is 161 Å². The van der Waals surface area contributed by atoms with E-state index in [1.54, 1.807) is 12.3 Å². The highest BCUT2D eigenvalue weighted by Gasteiger charge is 2.11. The summed E-state index contributed by atoms with van der Waals surface area (Å²) in [6.45, 7) is 2.95. The fourth-order valence-corrected chi connectivity index (χ4v) is 2.83. The SMILES string of the molecule is CCCCOc1ccc(-c2nnc(Cn3ncc4ccccc4c3=O)o2)cc1. The highest BCUT2D eigenvalue weighted by molar-refractivity contribution is 5.80. The van der Waals surface area contributed by atoms with E-state index in [1.807, 2.05) is 42.5 Å². The second kappa shape index (κ2) is 8.04. The van der Waals surface area contributed by atoms with Gasteiger partial charge in [-0.3, -0.25) is 4.79 Å². The van der Waals surface area contributed by atoms with Crippen molar-refractivity contribution in [3.63, 3.8) is 0 Å². The summed E-state index contributed by atoms with van der Waals surface area (Å²) in [7, 11) is 0. The molecule has 0 bridgehead atoms. The van der Waals surface area contributed by atoms with Crippen LogP contribution in [0.5, 0.6) is 5.75 Å². The van der Waals surface area contributed by atoms with Crippen molar-refractivity contribution in [2.24, 2.45) is 0 Å². The topological polar surface area (TPSA) is 83.0 Å². The third-order valence-corrected chi connectivity index (χ3v) is 4.38. The van der Waals surface area contributed by atoms with Gasteiger partial charge in [-0.1, -0.05) is 31.5 Å². The molecule has 7 heteroatoms. The average Bonchev–Trinajstić information content (AvgIpc) is 3.20. The molecule has 0 radical (unpaired) electrons. The fourth-order valence-electron chi connectivity index (χ4n) is 2.83. The number of unbranched alkanes of at least 4 members (excludes halogenated alkanes) is 1. The Balaban J connectivity index is 1.50. The molecule has 7 nitrogen and oxygen atoms in total. The maximum atomic E-state index is 12.6. The van der Waals surface area contributed by atoms with Gasteiger partial charge in [-0.25, -0.2) is 4.68 Å². The maximum absolute atomic E-state index is 12.6. The molecule has 28 heavy (non-hydrogen) atoms. The van der Waals surface area contributed by atoms with Gasteiger partial charge in [0.1, 0.15) is 12.3 Å². The number of nitrogens with zero attached hydrogens (tertiary/aromatic N) is 4. The van der Waals surface area contributed by atoms with Gasteiger partial charge < -0.3 is 9.15 Å². The Morgan fingerprint density at radius 1 is 1.07 bits per heavy atom. The van der Waals surface area contributed by atoms with Crippen LogP contribution in [0.4, 0.5) is 0 Å². The quantitative estimate of drug-likeness (QED) is 0.458. The number of rotatable bonds is 7. The second-order valence-electron chi connectivity index (χ2n) is 6.42. The second-order valence-corrected chi connectivity index (χ2v) is 6.42. The molecule has 0 saturated heterocycles. The van der Waals surface area contributed by atoms with Crippen LogP contribution >= 0.6 is 0 Å². The van der Waals surface area contributed by atoms with Crippen LogP contribution in [-0.4, -0.2) is 26.6 Å². The summed E-state index contributed by atoms with van der Waals surface area (Å²) in [6.07, 6.45) is 3.78.